The lowest BCUT2D eigenvalue weighted by molar-refractivity contribution is 0.265. The molecule has 1 aliphatic heterocycles. The molecule has 158 valence electrons. The molecule has 1 saturated heterocycles. The number of piperidine rings is 1. The van der Waals surface area contributed by atoms with Crippen molar-refractivity contribution in [3.8, 4) is 11.4 Å². The number of nitrogens with zero attached hydrogens (tertiary/aromatic N) is 3. The van der Waals surface area contributed by atoms with Gasteiger partial charge in [-0.25, -0.2) is 8.42 Å². The molecular formula is C22H24ClN3O3S. The molecule has 2 heterocycles. The van der Waals surface area contributed by atoms with Crippen LogP contribution < -0.4 is 0 Å². The van der Waals surface area contributed by atoms with Crippen LogP contribution in [0.2, 0.25) is 5.02 Å². The molecule has 3 aromatic rings. The Labute approximate surface area is 181 Å². The van der Waals surface area contributed by atoms with Gasteiger partial charge in [0.1, 0.15) is 0 Å². The first-order valence-corrected chi connectivity index (χ1v) is 11.9. The van der Waals surface area contributed by atoms with Gasteiger partial charge in [-0.2, -0.15) is 9.29 Å². The van der Waals surface area contributed by atoms with Crippen molar-refractivity contribution in [1.29, 1.82) is 0 Å². The Morgan fingerprint density at radius 2 is 1.87 bits per heavy atom. The van der Waals surface area contributed by atoms with Crippen molar-refractivity contribution in [2.24, 2.45) is 0 Å². The minimum absolute atomic E-state index is 0.146. The lowest BCUT2D eigenvalue weighted by Crippen LogP contribution is -2.39. The largest absolute Gasteiger partial charge is 0.339 e. The smallest absolute Gasteiger partial charge is 0.243 e. The van der Waals surface area contributed by atoms with Crippen molar-refractivity contribution < 1.29 is 12.9 Å². The molecule has 30 heavy (non-hydrogen) atoms. The van der Waals surface area contributed by atoms with E-state index in [2.05, 4.69) is 24.0 Å². The molecule has 0 saturated carbocycles. The van der Waals surface area contributed by atoms with Crippen LogP contribution in [0, 0.1) is 0 Å². The summed E-state index contributed by atoms with van der Waals surface area (Å²) >= 11 is 6.23. The Balaban J connectivity index is 1.54. The molecule has 6 nitrogen and oxygen atoms in total. The Morgan fingerprint density at radius 3 is 2.57 bits per heavy atom. The molecule has 1 atom stereocenters. The van der Waals surface area contributed by atoms with Crippen LogP contribution in [0.25, 0.3) is 11.4 Å². The van der Waals surface area contributed by atoms with Gasteiger partial charge in [0.15, 0.2) is 0 Å². The number of aromatic nitrogens is 2. The van der Waals surface area contributed by atoms with Crippen LogP contribution in [-0.4, -0.2) is 36.0 Å². The van der Waals surface area contributed by atoms with Gasteiger partial charge in [0, 0.05) is 18.7 Å². The van der Waals surface area contributed by atoms with E-state index < -0.39 is 10.0 Å². The Morgan fingerprint density at radius 1 is 1.13 bits per heavy atom. The summed E-state index contributed by atoms with van der Waals surface area (Å²) in [6.45, 7) is 4.97. The fraction of sp³-hybridized carbons (Fsp3) is 0.364. The highest BCUT2D eigenvalue weighted by Crippen LogP contribution is 2.32. The predicted octanol–water partition coefficient (Wildman–Crippen LogP) is 5.08. The molecule has 0 aliphatic carbocycles. The lowest BCUT2D eigenvalue weighted by Gasteiger charge is -2.30. The van der Waals surface area contributed by atoms with Gasteiger partial charge in [0.05, 0.1) is 15.8 Å². The average Bonchev–Trinajstić information content (AvgIpc) is 3.24. The molecule has 1 fully saturated rings. The second-order valence-corrected chi connectivity index (χ2v) is 10.2. The Kier molecular flexibility index (Phi) is 5.95. The van der Waals surface area contributed by atoms with E-state index in [4.69, 9.17) is 16.1 Å². The third-order valence-corrected chi connectivity index (χ3v) is 7.68. The number of sulfonamides is 1. The van der Waals surface area contributed by atoms with E-state index >= 15 is 0 Å². The Bertz CT molecular complexity index is 1130. The van der Waals surface area contributed by atoms with Crippen LogP contribution >= 0.6 is 11.6 Å². The highest BCUT2D eigenvalue weighted by atomic mass is 35.5. The minimum atomic E-state index is -3.58. The SMILES string of the molecule is CC(C)c1ccc(S(=O)(=O)N2CCC[C@@H](c3nc(-c4ccccc4Cl)no3)C2)cc1. The van der Waals surface area contributed by atoms with Gasteiger partial charge in [-0.3, -0.25) is 0 Å². The number of rotatable bonds is 5. The van der Waals surface area contributed by atoms with Crippen LogP contribution in [0.3, 0.4) is 0 Å². The van der Waals surface area contributed by atoms with Crippen molar-refractivity contribution in [1.82, 2.24) is 14.4 Å². The highest BCUT2D eigenvalue weighted by molar-refractivity contribution is 7.89. The van der Waals surface area contributed by atoms with Gasteiger partial charge in [0.25, 0.3) is 0 Å². The van der Waals surface area contributed by atoms with Gasteiger partial charge in [-0.1, -0.05) is 54.9 Å². The summed E-state index contributed by atoms with van der Waals surface area (Å²) in [4.78, 5) is 4.82. The maximum Gasteiger partial charge on any atom is 0.243 e. The molecule has 0 amide bonds. The molecule has 0 bridgehead atoms. The topological polar surface area (TPSA) is 76.3 Å². The summed E-state index contributed by atoms with van der Waals surface area (Å²) in [5.41, 5.74) is 1.81. The van der Waals surface area contributed by atoms with Gasteiger partial charge in [0.2, 0.25) is 21.7 Å². The third-order valence-electron chi connectivity index (χ3n) is 5.47. The molecule has 1 aliphatic rings. The molecule has 0 unspecified atom stereocenters. The van der Waals surface area contributed by atoms with E-state index in [-0.39, 0.29) is 5.92 Å². The van der Waals surface area contributed by atoms with E-state index in [1.165, 1.54) is 4.31 Å². The first kappa shape index (κ1) is 21.0. The highest BCUT2D eigenvalue weighted by Gasteiger charge is 2.33. The first-order valence-electron chi connectivity index (χ1n) is 10.0. The van der Waals surface area contributed by atoms with E-state index in [9.17, 15) is 8.42 Å². The fourth-order valence-electron chi connectivity index (χ4n) is 3.69. The van der Waals surface area contributed by atoms with Crippen LogP contribution in [0.15, 0.2) is 57.9 Å². The minimum Gasteiger partial charge on any atom is -0.339 e. The van der Waals surface area contributed by atoms with E-state index in [0.717, 1.165) is 18.4 Å². The van der Waals surface area contributed by atoms with Crippen LogP contribution in [0.5, 0.6) is 0 Å². The van der Waals surface area contributed by atoms with Crippen molar-refractivity contribution in [2.45, 2.75) is 43.4 Å². The number of benzene rings is 2. The average molecular weight is 446 g/mol. The summed E-state index contributed by atoms with van der Waals surface area (Å²) in [7, 11) is -3.58. The summed E-state index contributed by atoms with van der Waals surface area (Å²) in [5.74, 6) is 1.07. The van der Waals surface area contributed by atoms with E-state index in [0.29, 0.717) is 46.2 Å². The molecule has 2 aromatic carbocycles. The summed E-state index contributed by atoms with van der Waals surface area (Å²) < 4.78 is 33.3. The molecule has 1 aromatic heterocycles. The Hall–Kier alpha value is -2.22. The number of hydrogen-bond donors (Lipinski definition) is 0. The van der Waals surface area contributed by atoms with E-state index in [1.807, 2.05) is 30.3 Å². The second kappa shape index (κ2) is 8.49. The van der Waals surface area contributed by atoms with Crippen molar-refractivity contribution >= 4 is 21.6 Å². The van der Waals surface area contributed by atoms with Gasteiger partial charge in [-0.15, -0.1) is 0 Å². The first-order chi connectivity index (χ1) is 14.4. The van der Waals surface area contributed by atoms with Crippen molar-refractivity contribution in [3.63, 3.8) is 0 Å². The molecular weight excluding hydrogens is 422 g/mol. The lowest BCUT2D eigenvalue weighted by atomic mass is 10.00. The zero-order chi connectivity index (χ0) is 21.3. The molecule has 4 rings (SSSR count). The third kappa shape index (κ3) is 4.15. The van der Waals surface area contributed by atoms with Crippen LogP contribution in [0.1, 0.15) is 50.0 Å². The summed E-state index contributed by atoms with van der Waals surface area (Å²) in [6.07, 6.45) is 1.53. The van der Waals surface area contributed by atoms with Crippen LogP contribution in [0.4, 0.5) is 0 Å². The molecule has 0 N–H and O–H groups in total. The zero-order valence-electron chi connectivity index (χ0n) is 17.0. The quantitative estimate of drug-likeness (QED) is 0.547. The molecule has 0 spiro atoms. The monoisotopic (exact) mass is 445 g/mol. The summed E-state index contributed by atoms with van der Waals surface area (Å²) in [6, 6.07) is 14.4. The van der Waals surface area contributed by atoms with Crippen LogP contribution in [-0.2, 0) is 10.0 Å². The van der Waals surface area contributed by atoms with Gasteiger partial charge >= 0.3 is 0 Å². The maximum absolute atomic E-state index is 13.2. The van der Waals surface area contributed by atoms with Crippen molar-refractivity contribution in [2.75, 3.05) is 13.1 Å². The maximum atomic E-state index is 13.2. The normalized spacial score (nSPS) is 18.1. The number of hydrogen-bond acceptors (Lipinski definition) is 5. The molecule has 0 radical (unpaired) electrons. The fourth-order valence-corrected chi connectivity index (χ4v) is 5.43. The number of halogens is 1. The summed E-state index contributed by atoms with van der Waals surface area (Å²) in [5, 5.41) is 4.60. The van der Waals surface area contributed by atoms with Crippen molar-refractivity contribution in [3.05, 3.63) is 65.0 Å². The van der Waals surface area contributed by atoms with Gasteiger partial charge in [-0.05, 0) is 48.6 Å². The second-order valence-electron chi connectivity index (χ2n) is 7.86. The zero-order valence-corrected chi connectivity index (χ0v) is 18.5. The predicted molar refractivity (Wildman–Crippen MR) is 116 cm³/mol. The van der Waals surface area contributed by atoms with Gasteiger partial charge < -0.3 is 4.52 Å². The van der Waals surface area contributed by atoms with E-state index in [1.54, 1.807) is 18.2 Å². The standard InChI is InChI=1S/C22H24ClN3O3S/c1-15(2)16-9-11-18(12-10-16)30(27,28)26-13-5-6-17(14-26)22-24-21(25-29-22)19-7-3-4-8-20(19)23/h3-4,7-12,15,17H,5-6,13-14H2,1-2H3/t17-/m1/s1. The molecule has 8 heteroatoms.